The zero-order valence-electron chi connectivity index (χ0n) is 17.6. The number of benzene rings is 1. The van der Waals surface area contributed by atoms with E-state index < -0.39 is 5.41 Å². The molecule has 2 unspecified atom stereocenters. The van der Waals surface area contributed by atoms with Gasteiger partial charge in [0.2, 0.25) is 0 Å². The normalized spacial score (nSPS) is 43.2. The van der Waals surface area contributed by atoms with Crippen LogP contribution in [0, 0.1) is 27.6 Å². The van der Waals surface area contributed by atoms with E-state index in [1.165, 1.54) is 12.8 Å². The average Bonchev–Trinajstić information content (AvgIpc) is 2.98. The third-order valence-electron chi connectivity index (χ3n) is 9.67. The lowest BCUT2D eigenvalue weighted by Crippen LogP contribution is -2.73. The molecule has 1 spiro atoms. The van der Waals surface area contributed by atoms with Crippen molar-refractivity contribution in [1.29, 1.82) is 0 Å². The van der Waals surface area contributed by atoms with E-state index in [1.54, 1.807) is 0 Å². The molecule has 1 aromatic carbocycles. The first-order valence-electron chi connectivity index (χ1n) is 11.2. The smallest absolute Gasteiger partial charge is 0.313 e. The van der Waals surface area contributed by atoms with Gasteiger partial charge in [-0.25, -0.2) is 0 Å². The summed E-state index contributed by atoms with van der Waals surface area (Å²) in [5, 5.41) is 0. The van der Waals surface area contributed by atoms with Crippen LogP contribution in [0.1, 0.15) is 71.3 Å². The third kappa shape index (κ3) is 2.07. The zero-order valence-corrected chi connectivity index (χ0v) is 17.6. The zero-order chi connectivity index (χ0) is 19.6. The molecule has 3 nitrogen and oxygen atoms in total. The average molecular weight is 383 g/mol. The molecular weight excluding hydrogens is 348 g/mol. The van der Waals surface area contributed by atoms with Gasteiger partial charge in [0.25, 0.3) is 0 Å². The highest BCUT2D eigenvalue weighted by molar-refractivity contribution is 5.80. The van der Waals surface area contributed by atoms with Crippen LogP contribution in [0.5, 0.6) is 0 Å². The van der Waals surface area contributed by atoms with Crippen molar-refractivity contribution < 1.29 is 14.3 Å². The van der Waals surface area contributed by atoms with Gasteiger partial charge in [0.15, 0.2) is 0 Å². The Morgan fingerprint density at radius 1 is 1.11 bits per heavy atom. The molecule has 3 aliphatic carbocycles. The molecule has 1 aliphatic heterocycles. The first kappa shape index (κ1) is 18.7. The summed E-state index contributed by atoms with van der Waals surface area (Å²) >= 11 is 0. The Hall–Kier alpha value is -1.35. The minimum absolute atomic E-state index is 0.0299. The van der Waals surface area contributed by atoms with Crippen molar-refractivity contribution in [2.24, 2.45) is 27.6 Å². The lowest BCUT2D eigenvalue weighted by atomic mass is 9.29. The Labute approximate surface area is 169 Å². The van der Waals surface area contributed by atoms with Crippen LogP contribution in [-0.2, 0) is 20.9 Å². The summed E-state index contributed by atoms with van der Waals surface area (Å²) in [6, 6.07) is 10.1. The van der Waals surface area contributed by atoms with Gasteiger partial charge in [-0.15, -0.1) is 0 Å². The highest BCUT2D eigenvalue weighted by atomic mass is 16.5. The minimum Gasteiger partial charge on any atom is -0.460 e. The van der Waals surface area contributed by atoms with Crippen molar-refractivity contribution in [2.45, 2.75) is 78.4 Å². The standard InChI is InChI=1S/C25H34O3/c1-22(2)11-7-12-23(3)24-14-15-27-20(24)16-19(24)10-13-25(22,23)21(26)28-17-18-8-5-4-6-9-18/h4-6,8-9,19-20H,7,10-17H2,1-3H3/t19-,20?,23-,24+,25?/m1/s1. The fourth-order valence-electron chi connectivity index (χ4n) is 8.33. The van der Waals surface area contributed by atoms with Crippen LogP contribution in [0.3, 0.4) is 0 Å². The summed E-state index contributed by atoms with van der Waals surface area (Å²) in [7, 11) is 0. The molecule has 1 aromatic rings. The number of hydrogen-bond donors (Lipinski definition) is 0. The second-order valence-electron chi connectivity index (χ2n) is 10.7. The lowest BCUT2D eigenvalue weighted by molar-refractivity contribution is -0.283. The third-order valence-corrected chi connectivity index (χ3v) is 9.67. The topological polar surface area (TPSA) is 35.5 Å². The molecule has 4 fully saturated rings. The van der Waals surface area contributed by atoms with E-state index in [1.807, 2.05) is 30.3 Å². The predicted octanol–water partition coefficient (Wildman–Crippen LogP) is 5.52. The van der Waals surface area contributed by atoms with Gasteiger partial charge in [-0.2, -0.15) is 0 Å². The number of esters is 1. The largest absolute Gasteiger partial charge is 0.460 e. The molecule has 0 amide bonds. The Bertz CT molecular complexity index is 771. The fraction of sp³-hybridized carbons (Fsp3) is 0.720. The summed E-state index contributed by atoms with van der Waals surface area (Å²) in [5.41, 5.74) is 0.777. The van der Waals surface area contributed by atoms with E-state index in [4.69, 9.17) is 9.47 Å². The van der Waals surface area contributed by atoms with Crippen LogP contribution in [0.4, 0.5) is 0 Å². The molecule has 1 heterocycles. The van der Waals surface area contributed by atoms with Crippen LogP contribution in [-0.4, -0.2) is 18.7 Å². The SMILES string of the molecule is CC1(C)CCC[C@@]2(C)C1(C(=O)OCc1ccccc1)CC[C@@H]1CC3OCC[C@@]312. The predicted molar refractivity (Wildman–Crippen MR) is 109 cm³/mol. The van der Waals surface area contributed by atoms with Crippen LogP contribution in [0.15, 0.2) is 30.3 Å². The van der Waals surface area contributed by atoms with Gasteiger partial charge >= 0.3 is 5.97 Å². The van der Waals surface area contributed by atoms with E-state index in [2.05, 4.69) is 20.8 Å². The van der Waals surface area contributed by atoms with E-state index in [0.29, 0.717) is 12.7 Å². The van der Waals surface area contributed by atoms with E-state index >= 15 is 0 Å². The summed E-state index contributed by atoms with van der Waals surface area (Å²) in [5.74, 6) is 0.780. The van der Waals surface area contributed by atoms with E-state index in [9.17, 15) is 4.79 Å². The highest BCUT2D eigenvalue weighted by Crippen LogP contribution is 2.80. The highest BCUT2D eigenvalue weighted by Gasteiger charge is 2.79. The summed E-state index contributed by atoms with van der Waals surface area (Å²) < 4.78 is 12.3. The molecule has 3 heteroatoms. The fourth-order valence-corrected chi connectivity index (χ4v) is 8.33. The molecule has 0 aromatic heterocycles. The Morgan fingerprint density at radius 3 is 2.64 bits per heavy atom. The summed E-state index contributed by atoms with van der Waals surface area (Å²) in [4.78, 5) is 13.9. The van der Waals surface area contributed by atoms with Gasteiger partial charge in [0.05, 0.1) is 11.5 Å². The number of fused-ring (bicyclic) bond motifs is 1. The first-order valence-corrected chi connectivity index (χ1v) is 11.2. The molecule has 5 atom stereocenters. The van der Waals surface area contributed by atoms with Crippen molar-refractivity contribution in [3.05, 3.63) is 35.9 Å². The van der Waals surface area contributed by atoms with Crippen molar-refractivity contribution in [1.82, 2.24) is 0 Å². The molecule has 152 valence electrons. The van der Waals surface area contributed by atoms with Crippen molar-refractivity contribution in [3.63, 3.8) is 0 Å². The maximum Gasteiger partial charge on any atom is 0.313 e. The van der Waals surface area contributed by atoms with E-state index in [0.717, 1.165) is 50.2 Å². The van der Waals surface area contributed by atoms with Crippen LogP contribution in [0.2, 0.25) is 0 Å². The Kier molecular flexibility index (Phi) is 4.05. The molecule has 0 bridgehead atoms. The maximum absolute atomic E-state index is 13.9. The number of carbonyl (C=O) groups excluding carboxylic acids is 1. The molecule has 0 radical (unpaired) electrons. The van der Waals surface area contributed by atoms with Gasteiger partial charge < -0.3 is 9.47 Å². The van der Waals surface area contributed by atoms with Gasteiger partial charge in [0, 0.05) is 12.0 Å². The summed E-state index contributed by atoms with van der Waals surface area (Å²) in [6.07, 6.45) is 8.26. The van der Waals surface area contributed by atoms with Crippen LogP contribution >= 0.6 is 0 Å². The van der Waals surface area contributed by atoms with Crippen LogP contribution in [0.25, 0.3) is 0 Å². The minimum atomic E-state index is -0.407. The quantitative estimate of drug-likeness (QED) is 0.646. The van der Waals surface area contributed by atoms with Crippen molar-refractivity contribution in [3.8, 4) is 0 Å². The van der Waals surface area contributed by atoms with Gasteiger partial charge in [0.1, 0.15) is 6.61 Å². The molecule has 3 saturated carbocycles. The second-order valence-corrected chi connectivity index (χ2v) is 10.7. The monoisotopic (exact) mass is 382 g/mol. The number of ether oxygens (including phenoxy) is 2. The lowest BCUT2D eigenvalue weighted by Gasteiger charge is -2.74. The van der Waals surface area contributed by atoms with Crippen molar-refractivity contribution in [2.75, 3.05) is 6.61 Å². The summed E-state index contributed by atoms with van der Waals surface area (Å²) in [6.45, 7) is 8.34. The number of carbonyl (C=O) groups is 1. The van der Waals surface area contributed by atoms with Gasteiger partial charge in [-0.05, 0) is 60.8 Å². The second kappa shape index (κ2) is 6.08. The van der Waals surface area contributed by atoms with Crippen molar-refractivity contribution >= 4 is 5.97 Å². The maximum atomic E-state index is 13.9. The van der Waals surface area contributed by atoms with Gasteiger partial charge in [-0.3, -0.25) is 4.79 Å². The number of rotatable bonds is 3. The molecule has 0 N–H and O–H groups in total. The molecule has 28 heavy (non-hydrogen) atoms. The van der Waals surface area contributed by atoms with E-state index in [-0.39, 0.29) is 22.2 Å². The Balaban J connectivity index is 1.54. The number of hydrogen-bond acceptors (Lipinski definition) is 3. The molecule has 5 rings (SSSR count). The Morgan fingerprint density at radius 2 is 1.89 bits per heavy atom. The first-order chi connectivity index (χ1) is 13.4. The van der Waals surface area contributed by atoms with Gasteiger partial charge in [-0.1, -0.05) is 57.5 Å². The molecule has 4 aliphatic rings. The van der Waals surface area contributed by atoms with Crippen LogP contribution < -0.4 is 0 Å². The molecule has 1 saturated heterocycles. The molecular formula is C25H34O3.